The summed E-state index contributed by atoms with van der Waals surface area (Å²) in [5.74, 6) is 1.13. The Labute approximate surface area is 216 Å². The predicted octanol–water partition coefficient (Wildman–Crippen LogP) is 5.56. The van der Waals surface area contributed by atoms with Crippen LogP contribution in [0.2, 0.25) is 10.0 Å². The molecule has 188 valence electrons. The van der Waals surface area contributed by atoms with Gasteiger partial charge in [0.25, 0.3) is 0 Å². The third kappa shape index (κ3) is 6.62. The molecule has 0 spiro atoms. The Bertz CT molecular complexity index is 1040. The lowest BCUT2D eigenvalue weighted by Gasteiger charge is -2.31. The van der Waals surface area contributed by atoms with Crippen LogP contribution in [0.1, 0.15) is 56.6 Å². The highest BCUT2D eigenvalue weighted by Crippen LogP contribution is 2.31. The monoisotopic (exact) mass is 518 g/mol. The summed E-state index contributed by atoms with van der Waals surface area (Å²) >= 11 is 12.8. The largest absolute Gasteiger partial charge is 0.486 e. The van der Waals surface area contributed by atoms with Crippen LogP contribution in [0, 0.1) is 0 Å². The van der Waals surface area contributed by atoms with E-state index in [-0.39, 0.29) is 30.8 Å². The summed E-state index contributed by atoms with van der Waals surface area (Å²) in [7, 11) is 0. The average Bonchev–Trinajstić information content (AvgIpc) is 2.87. The van der Waals surface area contributed by atoms with E-state index in [0.29, 0.717) is 46.7 Å². The second-order valence-corrected chi connectivity index (χ2v) is 10.0. The molecule has 2 amide bonds. The molecule has 6 nitrogen and oxygen atoms in total. The van der Waals surface area contributed by atoms with Gasteiger partial charge in [-0.15, -0.1) is 0 Å². The molecule has 1 heterocycles. The number of hydrogen-bond acceptors (Lipinski definition) is 4. The molecule has 0 saturated heterocycles. The highest BCUT2D eigenvalue weighted by atomic mass is 35.5. The lowest BCUT2D eigenvalue weighted by Crippen LogP contribution is -2.50. The summed E-state index contributed by atoms with van der Waals surface area (Å²) in [5, 5.41) is 4.10. The minimum absolute atomic E-state index is 0.137. The molecule has 1 aliphatic carbocycles. The molecular weight excluding hydrogens is 487 g/mol. The molecule has 1 saturated carbocycles. The third-order valence-electron chi connectivity index (χ3n) is 6.74. The van der Waals surface area contributed by atoms with Crippen molar-refractivity contribution in [3.63, 3.8) is 0 Å². The fourth-order valence-corrected chi connectivity index (χ4v) is 5.16. The van der Waals surface area contributed by atoms with Gasteiger partial charge in [0.05, 0.1) is 0 Å². The van der Waals surface area contributed by atoms with E-state index in [1.54, 1.807) is 30.0 Å². The maximum Gasteiger partial charge on any atom is 0.242 e. The van der Waals surface area contributed by atoms with E-state index in [1.165, 1.54) is 6.42 Å². The Kier molecular flexibility index (Phi) is 8.79. The molecule has 1 atom stereocenters. The van der Waals surface area contributed by atoms with E-state index in [0.717, 1.165) is 31.2 Å². The number of halogens is 2. The topological polar surface area (TPSA) is 67.9 Å². The molecule has 0 aromatic heterocycles. The number of benzene rings is 2. The summed E-state index contributed by atoms with van der Waals surface area (Å²) in [6.07, 6.45) is 6.15. The zero-order valence-corrected chi connectivity index (χ0v) is 21.5. The molecule has 1 fully saturated rings. The Hall–Kier alpha value is -2.44. The van der Waals surface area contributed by atoms with Crippen molar-refractivity contribution in [2.45, 2.75) is 70.5 Å². The van der Waals surface area contributed by atoms with E-state index in [2.05, 4.69) is 5.32 Å². The van der Waals surface area contributed by atoms with Crippen LogP contribution in [0.15, 0.2) is 36.4 Å². The molecule has 2 aliphatic rings. The van der Waals surface area contributed by atoms with Gasteiger partial charge in [0.1, 0.15) is 19.3 Å². The van der Waals surface area contributed by atoms with Crippen LogP contribution in [0.25, 0.3) is 0 Å². The Morgan fingerprint density at radius 1 is 1.03 bits per heavy atom. The SMILES string of the molecule is C[C@H](C(=O)NC1CCCCC1)N(Cc1c(Cl)cccc1Cl)C(=O)CCc1ccc2c(c1)OCCO2. The van der Waals surface area contributed by atoms with E-state index in [9.17, 15) is 9.59 Å². The molecule has 0 radical (unpaired) electrons. The summed E-state index contributed by atoms with van der Waals surface area (Å²) < 4.78 is 11.2. The van der Waals surface area contributed by atoms with Crippen molar-refractivity contribution in [2.75, 3.05) is 13.2 Å². The number of aryl methyl sites for hydroxylation is 1. The van der Waals surface area contributed by atoms with Crippen molar-refractivity contribution in [3.05, 3.63) is 57.6 Å². The van der Waals surface area contributed by atoms with Gasteiger partial charge in [0.15, 0.2) is 11.5 Å². The zero-order valence-electron chi connectivity index (χ0n) is 20.0. The smallest absolute Gasteiger partial charge is 0.242 e. The highest BCUT2D eigenvalue weighted by Gasteiger charge is 2.29. The number of nitrogens with one attached hydrogen (secondary N) is 1. The van der Waals surface area contributed by atoms with Crippen LogP contribution in [-0.2, 0) is 22.6 Å². The summed E-state index contributed by atoms with van der Waals surface area (Å²) in [6.45, 7) is 2.98. The maximum absolute atomic E-state index is 13.5. The van der Waals surface area contributed by atoms with Crippen LogP contribution in [0.5, 0.6) is 11.5 Å². The number of rotatable bonds is 8. The van der Waals surface area contributed by atoms with E-state index >= 15 is 0 Å². The molecule has 0 bridgehead atoms. The second kappa shape index (κ2) is 12.0. The van der Waals surface area contributed by atoms with Gasteiger partial charge in [-0.1, -0.05) is 54.6 Å². The van der Waals surface area contributed by atoms with Gasteiger partial charge in [-0.05, 0) is 56.0 Å². The number of nitrogens with zero attached hydrogens (tertiary/aromatic N) is 1. The first-order valence-electron chi connectivity index (χ1n) is 12.3. The zero-order chi connectivity index (χ0) is 24.8. The quantitative estimate of drug-likeness (QED) is 0.496. The van der Waals surface area contributed by atoms with Crippen LogP contribution in [0.4, 0.5) is 0 Å². The molecule has 1 N–H and O–H groups in total. The Balaban J connectivity index is 1.48. The van der Waals surface area contributed by atoms with Crippen molar-refractivity contribution in [3.8, 4) is 11.5 Å². The van der Waals surface area contributed by atoms with Gasteiger partial charge in [0.2, 0.25) is 11.8 Å². The first-order valence-corrected chi connectivity index (χ1v) is 13.1. The fourth-order valence-electron chi connectivity index (χ4n) is 4.64. The normalized spacial score (nSPS) is 16.4. The van der Waals surface area contributed by atoms with Crippen molar-refractivity contribution in [1.29, 1.82) is 0 Å². The van der Waals surface area contributed by atoms with Crippen LogP contribution in [0.3, 0.4) is 0 Å². The Morgan fingerprint density at radius 2 is 1.71 bits per heavy atom. The molecule has 2 aromatic rings. The lowest BCUT2D eigenvalue weighted by molar-refractivity contribution is -0.141. The number of hydrogen-bond donors (Lipinski definition) is 1. The average molecular weight is 519 g/mol. The van der Waals surface area contributed by atoms with Crippen molar-refractivity contribution < 1.29 is 19.1 Å². The Morgan fingerprint density at radius 3 is 2.43 bits per heavy atom. The van der Waals surface area contributed by atoms with Gasteiger partial charge in [-0.2, -0.15) is 0 Å². The standard InChI is InChI=1S/C27H32Cl2N2O4/c1-18(27(33)30-20-6-3-2-4-7-20)31(17-21-22(28)8-5-9-23(21)29)26(32)13-11-19-10-12-24-25(16-19)35-15-14-34-24/h5,8-10,12,16,18,20H,2-4,6-7,11,13-15,17H2,1H3,(H,30,33)/t18-/m1/s1. The highest BCUT2D eigenvalue weighted by molar-refractivity contribution is 6.36. The summed E-state index contributed by atoms with van der Waals surface area (Å²) in [4.78, 5) is 28.2. The number of carbonyl (C=O) groups is 2. The minimum Gasteiger partial charge on any atom is -0.486 e. The molecule has 0 unspecified atom stereocenters. The van der Waals surface area contributed by atoms with E-state index in [4.69, 9.17) is 32.7 Å². The van der Waals surface area contributed by atoms with Gasteiger partial charge in [-0.3, -0.25) is 9.59 Å². The molecular formula is C27H32Cl2N2O4. The van der Waals surface area contributed by atoms with E-state index in [1.807, 2.05) is 18.2 Å². The second-order valence-electron chi connectivity index (χ2n) is 9.22. The van der Waals surface area contributed by atoms with Crippen LogP contribution in [-0.4, -0.2) is 42.0 Å². The summed E-state index contributed by atoms with van der Waals surface area (Å²) in [6, 6.07) is 10.5. The summed E-state index contributed by atoms with van der Waals surface area (Å²) in [5.41, 5.74) is 1.61. The van der Waals surface area contributed by atoms with Crippen LogP contribution >= 0.6 is 23.2 Å². The van der Waals surface area contributed by atoms with Crippen molar-refractivity contribution in [2.24, 2.45) is 0 Å². The van der Waals surface area contributed by atoms with Crippen molar-refractivity contribution in [1.82, 2.24) is 10.2 Å². The minimum atomic E-state index is -0.656. The van der Waals surface area contributed by atoms with Gasteiger partial charge >= 0.3 is 0 Å². The number of carbonyl (C=O) groups excluding carboxylic acids is 2. The first kappa shape index (κ1) is 25.6. The molecule has 1 aliphatic heterocycles. The van der Waals surface area contributed by atoms with Gasteiger partial charge < -0.3 is 19.7 Å². The third-order valence-corrected chi connectivity index (χ3v) is 7.45. The van der Waals surface area contributed by atoms with Crippen LogP contribution < -0.4 is 14.8 Å². The number of fused-ring (bicyclic) bond motifs is 1. The molecule has 8 heteroatoms. The van der Waals surface area contributed by atoms with Gasteiger partial charge in [-0.25, -0.2) is 0 Å². The number of amides is 2. The molecule has 4 rings (SSSR count). The first-order chi connectivity index (χ1) is 16.9. The predicted molar refractivity (Wildman–Crippen MR) is 137 cm³/mol. The fraction of sp³-hybridized carbons (Fsp3) is 0.481. The van der Waals surface area contributed by atoms with Crippen molar-refractivity contribution >= 4 is 35.0 Å². The molecule has 2 aromatic carbocycles. The van der Waals surface area contributed by atoms with Gasteiger partial charge in [0, 0.05) is 34.6 Å². The van der Waals surface area contributed by atoms with E-state index < -0.39 is 6.04 Å². The molecule has 35 heavy (non-hydrogen) atoms. The lowest BCUT2D eigenvalue weighted by atomic mass is 9.95. The number of ether oxygens (including phenoxy) is 2. The maximum atomic E-state index is 13.5.